The second kappa shape index (κ2) is 11.3. The van der Waals surface area contributed by atoms with Crippen molar-refractivity contribution in [3.8, 4) is 0 Å². The Morgan fingerprint density at radius 1 is 0.542 bits per heavy atom. The topological polar surface area (TPSA) is 16.4 Å². The lowest BCUT2D eigenvalue weighted by atomic mass is 9.69. The Balaban J connectivity index is 1.28. The van der Waals surface area contributed by atoms with Crippen LogP contribution in [0, 0.1) is 0 Å². The van der Waals surface area contributed by atoms with Gasteiger partial charge in [0.25, 0.3) is 0 Å². The number of fused-ring (bicyclic) bond motifs is 4. The molecule has 232 valence electrons. The second-order valence-corrected chi connectivity index (χ2v) is 13.8. The summed E-state index contributed by atoms with van der Waals surface area (Å²) in [6.07, 6.45) is 2.15. The van der Waals surface area contributed by atoms with Crippen LogP contribution in [0.5, 0.6) is 0 Å². The third-order valence-electron chi connectivity index (χ3n) is 10.5. The normalized spacial score (nSPS) is 13.8. The summed E-state index contributed by atoms with van der Waals surface area (Å²) in [6, 6.07) is 57.0. The molecule has 0 unspecified atom stereocenters. The predicted molar refractivity (Wildman–Crippen MR) is 201 cm³/mol. The molecule has 0 saturated heterocycles. The van der Waals surface area contributed by atoms with Crippen molar-refractivity contribution in [1.82, 2.24) is 0 Å². The zero-order valence-electron chi connectivity index (χ0n) is 27.4. The molecule has 0 fully saturated rings. The lowest BCUT2D eigenvalue weighted by Gasteiger charge is -2.35. The van der Waals surface area contributed by atoms with Gasteiger partial charge < -0.3 is 9.32 Å². The van der Waals surface area contributed by atoms with Crippen LogP contribution in [0.4, 0.5) is 17.1 Å². The Bertz CT molecular complexity index is 2330. The van der Waals surface area contributed by atoms with Crippen LogP contribution in [0.3, 0.4) is 0 Å². The molecule has 9 rings (SSSR count). The highest BCUT2D eigenvalue weighted by atomic mass is 16.3. The molecule has 1 aliphatic rings. The lowest BCUT2D eigenvalue weighted by molar-refractivity contribution is 0.473. The molecule has 1 heterocycles. The van der Waals surface area contributed by atoms with E-state index in [0.29, 0.717) is 0 Å². The minimum absolute atomic E-state index is 0.0363. The Kier molecular flexibility index (Phi) is 6.72. The van der Waals surface area contributed by atoms with Crippen LogP contribution in [0.15, 0.2) is 162 Å². The largest absolute Gasteiger partial charge is 0.456 e. The number of anilines is 3. The Morgan fingerprint density at radius 2 is 1.10 bits per heavy atom. The van der Waals surface area contributed by atoms with Crippen molar-refractivity contribution in [1.29, 1.82) is 0 Å². The standard InChI is InChI=1S/C46H37NO/c1-46(2)28-27-37-36(43(31-15-7-3-8-16-31)32-17-9-4-10-18-32)25-26-39-44(37)40(46)30-42-45(39)38-24-23-35(29-41(38)48-42)47(33-19-11-5-12-20-33)34-21-13-6-14-22-34/h3-26,29-30,43H,27-28H2,1-2H3. The van der Waals surface area contributed by atoms with Crippen molar-refractivity contribution in [2.45, 2.75) is 38.0 Å². The third kappa shape index (κ3) is 4.63. The van der Waals surface area contributed by atoms with Gasteiger partial charge in [0.05, 0.1) is 0 Å². The molecule has 0 N–H and O–H groups in total. The quantitative estimate of drug-likeness (QED) is 0.172. The van der Waals surface area contributed by atoms with Gasteiger partial charge >= 0.3 is 0 Å². The fourth-order valence-electron chi connectivity index (χ4n) is 8.10. The molecule has 0 aliphatic heterocycles. The van der Waals surface area contributed by atoms with Gasteiger partial charge in [0, 0.05) is 39.8 Å². The summed E-state index contributed by atoms with van der Waals surface area (Å²) in [7, 11) is 0. The van der Waals surface area contributed by atoms with Gasteiger partial charge in [0.2, 0.25) is 0 Å². The van der Waals surface area contributed by atoms with E-state index in [1.807, 2.05) is 0 Å². The van der Waals surface area contributed by atoms with Crippen molar-refractivity contribution in [3.63, 3.8) is 0 Å². The van der Waals surface area contributed by atoms with Crippen molar-refractivity contribution in [2.24, 2.45) is 0 Å². The van der Waals surface area contributed by atoms with Gasteiger partial charge in [-0.3, -0.25) is 0 Å². The first-order valence-corrected chi connectivity index (χ1v) is 17.0. The van der Waals surface area contributed by atoms with Crippen LogP contribution >= 0.6 is 0 Å². The van der Waals surface area contributed by atoms with Gasteiger partial charge in [-0.25, -0.2) is 0 Å². The van der Waals surface area contributed by atoms with E-state index in [1.165, 1.54) is 44.0 Å². The fourth-order valence-corrected chi connectivity index (χ4v) is 8.10. The van der Waals surface area contributed by atoms with Crippen LogP contribution in [-0.4, -0.2) is 0 Å². The smallest absolute Gasteiger partial charge is 0.137 e. The second-order valence-electron chi connectivity index (χ2n) is 13.8. The molecule has 7 aromatic carbocycles. The Morgan fingerprint density at radius 3 is 1.71 bits per heavy atom. The number of nitrogens with zero attached hydrogens (tertiary/aromatic N) is 1. The van der Waals surface area contributed by atoms with Crippen LogP contribution in [-0.2, 0) is 11.8 Å². The molecule has 2 nitrogen and oxygen atoms in total. The van der Waals surface area contributed by atoms with Crippen LogP contribution in [0.25, 0.3) is 32.7 Å². The molecule has 2 heteroatoms. The summed E-state index contributed by atoms with van der Waals surface area (Å²) in [4.78, 5) is 2.30. The maximum atomic E-state index is 6.81. The Labute approximate surface area is 281 Å². The molecule has 1 aliphatic carbocycles. The number of para-hydroxylation sites is 2. The van der Waals surface area contributed by atoms with E-state index >= 15 is 0 Å². The SMILES string of the molecule is CC1(C)CCc2c(C(c3ccccc3)c3ccccc3)ccc3c2c1cc1oc2cc(N(c4ccccc4)c4ccccc4)ccc2c13. The summed E-state index contributed by atoms with van der Waals surface area (Å²) in [6.45, 7) is 4.79. The summed E-state index contributed by atoms with van der Waals surface area (Å²) in [5.74, 6) is 0.169. The summed E-state index contributed by atoms with van der Waals surface area (Å²) in [5.41, 5.74) is 12.1. The number of benzene rings is 7. The molecule has 8 aromatic rings. The van der Waals surface area contributed by atoms with Gasteiger partial charge in [-0.1, -0.05) is 123 Å². The number of rotatable bonds is 6. The number of hydrogen-bond donors (Lipinski definition) is 0. The minimum atomic E-state index is 0.0363. The first kappa shape index (κ1) is 28.6. The van der Waals surface area contributed by atoms with Crippen molar-refractivity contribution >= 4 is 49.8 Å². The zero-order chi connectivity index (χ0) is 32.2. The average Bonchev–Trinajstić information content (AvgIpc) is 3.50. The van der Waals surface area contributed by atoms with Crippen molar-refractivity contribution in [2.75, 3.05) is 4.90 Å². The molecule has 0 radical (unpaired) electrons. The van der Waals surface area contributed by atoms with Crippen LogP contribution < -0.4 is 4.90 Å². The highest BCUT2D eigenvalue weighted by molar-refractivity contribution is 6.21. The van der Waals surface area contributed by atoms with Crippen LogP contribution in [0.2, 0.25) is 0 Å². The zero-order valence-corrected chi connectivity index (χ0v) is 27.4. The Hall–Kier alpha value is -5.60. The van der Waals surface area contributed by atoms with E-state index in [-0.39, 0.29) is 11.3 Å². The molecule has 0 bridgehead atoms. The highest BCUT2D eigenvalue weighted by Gasteiger charge is 2.33. The third-order valence-corrected chi connectivity index (χ3v) is 10.5. The maximum absolute atomic E-state index is 6.81. The van der Waals surface area contributed by atoms with E-state index in [2.05, 4.69) is 176 Å². The molecule has 0 spiro atoms. The van der Waals surface area contributed by atoms with Gasteiger partial charge in [0.1, 0.15) is 11.2 Å². The highest BCUT2D eigenvalue weighted by Crippen LogP contribution is 2.49. The minimum Gasteiger partial charge on any atom is -0.456 e. The molecule has 48 heavy (non-hydrogen) atoms. The number of hydrogen-bond acceptors (Lipinski definition) is 2. The van der Waals surface area contributed by atoms with Crippen molar-refractivity contribution < 1.29 is 4.42 Å². The molecule has 0 saturated carbocycles. The number of furan rings is 1. The molecule has 0 atom stereocenters. The number of aryl methyl sites for hydroxylation is 1. The van der Waals surface area contributed by atoms with Crippen molar-refractivity contribution in [3.05, 3.63) is 186 Å². The van der Waals surface area contributed by atoms with Crippen LogP contribution in [0.1, 0.15) is 54.0 Å². The van der Waals surface area contributed by atoms with E-state index < -0.39 is 0 Å². The summed E-state index contributed by atoms with van der Waals surface area (Å²) in [5, 5.41) is 5.08. The average molecular weight is 620 g/mol. The van der Waals surface area contributed by atoms with Gasteiger partial charge in [-0.05, 0) is 99.3 Å². The first-order chi connectivity index (χ1) is 23.6. The molecule has 0 amide bonds. The van der Waals surface area contributed by atoms with E-state index in [9.17, 15) is 0 Å². The molecule has 1 aromatic heterocycles. The van der Waals surface area contributed by atoms with Gasteiger partial charge in [-0.15, -0.1) is 0 Å². The monoisotopic (exact) mass is 619 g/mol. The lowest BCUT2D eigenvalue weighted by Crippen LogP contribution is -2.24. The van der Waals surface area contributed by atoms with E-state index in [1.54, 1.807) is 0 Å². The van der Waals surface area contributed by atoms with E-state index in [4.69, 9.17) is 4.42 Å². The maximum Gasteiger partial charge on any atom is 0.137 e. The summed E-state index contributed by atoms with van der Waals surface area (Å²) >= 11 is 0. The van der Waals surface area contributed by atoms with Gasteiger partial charge in [-0.2, -0.15) is 0 Å². The van der Waals surface area contributed by atoms with Gasteiger partial charge in [0.15, 0.2) is 0 Å². The van der Waals surface area contributed by atoms with E-state index in [0.717, 1.165) is 46.5 Å². The summed E-state index contributed by atoms with van der Waals surface area (Å²) < 4.78 is 6.81. The molecular weight excluding hydrogens is 583 g/mol. The predicted octanol–water partition coefficient (Wildman–Crippen LogP) is 12.6. The molecular formula is C46H37NO. The first-order valence-electron chi connectivity index (χ1n) is 17.0. The fraction of sp³-hybridized carbons (Fsp3) is 0.130.